The fourth-order valence-corrected chi connectivity index (χ4v) is 1.59. The number of halogens is 2. The van der Waals surface area contributed by atoms with Gasteiger partial charge in [0, 0.05) is 24.6 Å². The lowest BCUT2D eigenvalue weighted by Gasteiger charge is -2.09. The van der Waals surface area contributed by atoms with Crippen molar-refractivity contribution in [1.82, 2.24) is 9.55 Å². The second-order valence-corrected chi connectivity index (χ2v) is 3.52. The van der Waals surface area contributed by atoms with Gasteiger partial charge in [-0.25, -0.2) is 4.98 Å². The van der Waals surface area contributed by atoms with E-state index < -0.39 is 6.61 Å². The number of anilines is 1. The third kappa shape index (κ3) is 2.77. The maximum absolute atomic E-state index is 12.0. The van der Waals surface area contributed by atoms with Crippen LogP contribution in [0.2, 0.25) is 0 Å². The number of imidazole rings is 1. The smallest absolute Gasteiger partial charge is 0.387 e. The Morgan fingerprint density at radius 2 is 2.06 bits per heavy atom. The van der Waals surface area contributed by atoms with Crippen LogP contribution in [0.1, 0.15) is 6.92 Å². The highest BCUT2D eigenvalue weighted by atomic mass is 19.3. The van der Waals surface area contributed by atoms with Crippen molar-refractivity contribution in [1.29, 1.82) is 0 Å². The summed E-state index contributed by atoms with van der Waals surface area (Å²) < 4.78 is 30.1. The van der Waals surface area contributed by atoms with E-state index in [2.05, 4.69) is 15.0 Å². The lowest BCUT2D eigenvalue weighted by Crippen LogP contribution is -2.05. The van der Waals surface area contributed by atoms with Crippen LogP contribution in [0.4, 0.5) is 14.7 Å². The Labute approximate surface area is 103 Å². The Morgan fingerprint density at radius 1 is 1.33 bits per heavy atom. The lowest BCUT2D eigenvalue weighted by atomic mass is 10.3. The molecule has 1 aromatic heterocycles. The van der Waals surface area contributed by atoms with E-state index in [1.807, 2.05) is 11.5 Å². The molecule has 0 radical (unpaired) electrons. The summed E-state index contributed by atoms with van der Waals surface area (Å²) >= 11 is 0. The zero-order valence-electron chi connectivity index (χ0n) is 9.81. The molecule has 96 valence electrons. The van der Waals surface area contributed by atoms with E-state index in [4.69, 9.17) is 0 Å². The maximum Gasteiger partial charge on any atom is 0.387 e. The summed E-state index contributed by atoms with van der Waals surface area (Å²) in [7, 11) is 0. The first-order valence-corrected chi connectivity index (χ1v) is 5.53. The quantitative estimate of drug-likeness (QED) is 0.890. The molecule has 1 N–H and O–H groups in total. The standard InChI is InChI=1S/C12H13F2N3O/c1-2-15-12-16-7-8-17(12)9-3-5-10(6-4-9)18-11(13)14/h3-8,11H,2H2,1H3,(H,15,16). The first kappa shape index (κ1) is 12.3. The molecular formula is C12H13F2N3O. The highest BCUT2D eigenvalue weighted by molar-refractivity contribution is 5.44. The molecule has 0 unspecified atom stereocenters. The average Bonchev–Trinajstić information content (AvgIpc) is 2.78. The van der Waals surface area contributed by atoms with Crippen molar-refractivity contribution in [2.45, 2.75) is 13.5 Å². The molecule has 0 aliphatic heterocycles. The number of nitrogens with zero attached hydrogens (tertiary/aromatic N) is 2. The number of benzene rings is 1. The molecule has 0 atom stereocenters. The van der Waals surface area contributed by atoms with Crippen molar-refractivity contribution in [2.75, 3.05) is 11.9 Å². The van der Waals surface area contributed by atoms with Gasteiger partial charge >= 0.3 is 6.61 Å². The second kappa shape index (κ2) is 5.48. The van der Waals surface area contributed by atoms with Crippen LogP contribution in [0.15, 0.2) is 36.7 Å². The predicted molar refractivity (Wildman–Crippen MR) is 64.4 cm³/mol. The van der Waals surface area contributed by atoms with Gasteiger partial charge in [-0.15, -0.1) is 0 Å². The molecule has 18 heavy (non-hydrogen) atoms. The summed E-state index contributed by atoms with van der Waals surface area (Å²) in [4.78, 5) is 4.15. The van der Waals surface area contributed by atoms with Crippen LogP contribution in [0, 0.1) is 0 Å². The molecule has 0 saturated heterocycles. The van der Waals surface area contributed by atoms with Gasteiger partial charge < -0.3 is 10.1 Å². The first-order chi connectivity index (χ1) is 8.70. The van der Waals surface area contributed by atoms with Crippen LogP contribution in [-0.2, 0) is 0 Å². The van der Waals surface area contributed by atoms with Crippen LogP contribution in [0.5, 0.6) is 5.75 Å². The molecule has 0 fully saturated rings. The van der Waals surface area contributed by atoms with Crippen molar-refractivity contribution < 1.29 is 13.5 Å². The van der Waals surface area contributed by atoms with Crippen LogP contribution < -0.4 is 10.1 Å². The molecule has 0 aliphatic carbocycles. The summed E-state index contributed by atoms with van der Waals surface area (Å²) in [6.45, 7) is -0.0799. The number of hydrogen-bond donors (Lipinski definition) is 1. The number of hydrogen-bond acceptors (Lipinski definition) is 3. The number of aromatic nitrogens is 2. The fraction of sp³-hybridized carbons (Fsp3) is 0.250. The molecular weight excluding hydrogens is 240 g/mol. The zero-order chi connectivity index (χ0) is 13.0. The van der Waals surface area contributed by atoms with E-state index in [9.17, 15) is 8.78 Å². The number of alkyl halides is 2. The highest BCUT2D eigenvalue weighted by Crippen LogP contribution is 2.19. The Bertz CT molecular complexity index is 496. The average molecular weight is 253 g/mol. The largest absolute Gasteiger partial charge is 0.435 e. The number of rotatable bonds is 5. The topological polar surface area (TPSA) is 39.1 Å². The van der Waals surface area contributed by atoms with E-state index in [1.165, 1.54) is 12.1 Å². The maximum atomic E-state index is 12.0. The van der Waals surface area contributed by atoms with Crippen LogP contribution in [0.25, 0.3) is 5.69 Å². The first-order valence-electron chi connectivity index (χ1n) is 5.53. The van der Waals surface area contributed by atoms with E-state index >= 15 is 0 Å². The van der Waals surface area contributed by atoms with Gasteiger partial charge in [0.25, 0.3) is 0 Å². The van der Waals surface area contributed by atoms with E-state index in [1.54, 1.807) is 24.5 Å². The summed E-state index contributed by atoms with van der Waals surface area (Å²) in [6.07, 6.45) is 3.46. The van der Waals surface area contributed by atoms with Gasteiger partial charge in [-0.2, -0.15) is 8.78 Å². The predicted octanol–water partition coefficient (Wildman–Crippen LogP) is 2.91. The van der Waals surface area contributed by atoms with Gasteiger partial charge in [0.05, 0.1) is 0 Å². The highest BCUT2D eigenvalue weighted by Gasteiger charge is 2.06. The number of ether oxygens (including phenoxy) is 1. The molecule has 6 heteroatoms. The Morgan fingerprint density at radius 3 is 2.67 bits per heavy atom. The van der Waals surface area contributed by atoms with Gasteiger partial charge in [0.1, 0.15) is 5.75 Å². The van der Waals surface area contributed by atoms with E-state index in [-0.39, 0.29) is 5.75 Å². The van der Waals surface area contributed by atoms with Crippen LogP contribution in [-0.4, -0.2) is 22.7 Å². The Balaban J connectivity index is 2.20. The second-order valence-electron chi connectivity index (χ2n) is 3.52. The summed E-state index contributed by atoms with van der Waals surface area (Å²) in [5.41, 5.74) is 0.824. The van der Waals surface area contributed by atoms with Crippen molar-refractivity contribution in [3.05, 3.63) is 36.7 Å². The van der Waals surface area contributed by atoms with Gasteiger partial charge in [-0.1, -0.05) is 0 Å². The summed E-state index contributed by atoms with van der Waals surface area (Å²) in [6, 6.07) is 6.38. The number of nitrogens with one attached hydrogen (secondary N) is 1. The fourth-order valence-electron chi connectivity index (χ4n) is 1.59. The lowest BCUT2D eigenvalue weighted by molar-refractivity contribution is -0.0498. The van der Waals surface area contributed by atoms with Gasteiger partial charge in [-0.05, 0) is 31.2 Å². The minimum atomic E-state index is -2.80. The van der Waals surface area contributed by atoms with Crippen molar-refractivity contribution in [3.8, 4) is 11.4 Å². The molecule has 1 heterocycles. The normalized spacial score (nSPS) is 10.7. The van der Waals surface area contributed by atoms with Crippen LogP contribution >= 0.6 is 0 Å². The van der Waals surface area contributed by atoms with Gasteiger partial charge in [-0.3, -0.25) is 4.57 Å². The van der Waals surface area contributed by atoms with E-state index in [0.717, 1.165) is 12.2 Å². The Hall–Kier alpha value is -2.11. The zero-order valence-corrected chi connectivity index (χ0v) is 9.81. The molecule has 1 aromatic carbocycles. The minimum absolute atomic E-state index is 0.138. The molecule has 0 spiro atoms. The van der Waals surface area contributed by atoms with E-state index in [0.29, 0.717) is 5.95 Å². The minimum Gasteiger partial charge on any atom is -0.435 e. The summed E-state index contributed by atoms with van der Waals surface area (Å²) in [5.74, 6) is 0.846. The van der Waals surface area contributed by atoms with Crippen molar-refractivity contribution >= 4 is 5.95 Å². The molecule has 0 bridgehead atoms. The van der Waals surface area contributed by atoms with Gasteiger partial charge in [0.15, 0.2) is 0 Å². The monoisotopic (exact) mass is 253 g/mol. The van der Waals surface area contributed by atoms with Crippen LogP contribution in [0.3, 0.4) is 0 Å². The molecule has 2 aromatic rings. The summed E-state index contributed by atoms with van der Waals surface area (Å²) in [5, 5.41) is 3.10. The third-order valence-corrected chi connectivity index (χ3v) is 2.32. The molecule has 0 aliphatic rings. The third-order valence-electron chi connectivity index (χ3n) is 2.32. The molecule has 4 nitrogen and oxygen atoms in total. The Kier molecular flexibility index (Phi) is 3.76. The van der Waals surface area contributed by atoms with Gasteiger partial charge in [0.2, 0.25) is 5.95 Å². The van der Waals surface area contributed by atoms with Crippen molar-refractivity contribution in [2.24, 2.45) is 0 Å². The van der Waals surface area contributed by atoms with Crippen molar-refractivity contribution in [3.63, 3.8) is 0 Å². The molecule has 0 saturated carbocycles. The SMILES string of the molecule is CCNc1nccn1-c1ccc(OC(F)F)cc1. The molecule has 0 amide bonds. The molecule has 2 rings (SSSR count).